The van der Waals surface area contributed by atoms with Gasteiger partial charge in [-0.25, -0.2) is 0 Å². The summed E-state index contributed by atoms with van der Waals surface area (Å²) in [5.74, 6) is 1.42. The number of rotatable bonds is 5. The molecule has 0 bridgehead atoms. The van der Waals surface area contributed by atoms with E-state index in [4.69, 9.17) is 10.2 Å². The molecule has 1 aromatic carbocycles. The highest BCUT2D eigenvalue weighted by atomic mass is 16.4. The molecule has 4 aromatic rings. The van der Waals surface area contributed by atoms with Gasteiger partial charge in [0.05, 0.1) is 5.69 Å². The fourth-order valence-electron chi connectivity index (χ4n) is 3.71. The van der Waals surface area contributed by atoms with Gasteiger partial charge in [-0.3, -0.25) is 4.98 Å². The molecule has 0 atom stereocenters. The molecule has 0 saturated carbocycles. The maximum absolute atomic E-state index is 6.08. The van der Waals surface area contributed by atoms with Crippen molar-refractivity contribution in [3.8, 4) is 22.7 Å². The predicted octanol–water partition coefficient (Wildman–Crippen LogP) is 4.99. The van der Waals surface area contributed by atoms with E-state index in [9.17, 15) is 0 Å². The number of benzene rings is 1. The number of hydrogen-bond acceptors (Lipinski definition) is 5. The van der Waals surface area contributed by atoms with Gasteiger partial charge in [-0.15, -0.1) is 10.2 Å². The summed E-state index contributed by atoms with van der Waals surface area (Å²) in [4.78, 5) is 7.92. The zero-order valence-corrected chi connectivity index (χ0v) is 17.6. The molecule has 3 N–H and O–H groups in total. The lowest BCUT2D eigenvalue weighted by Crippen LogP contribution is -2.34. The number of nitrogens with two attached hydrogens (primary N) is 1. The maximum Gasteiger partial charge on any atom is 0.247 e. The fraction of sp³-hybridized carbons (Fsp3) is 0.348. The number of nitrogens with one attached hydrogen (secondary N) is 1. The van der Waals surface area contributed by atoms with Crippen LogP contribution >= 0.6 is 0 Å². The Morgan fingerprint density at radius 2 is 1.90 bits per heavy atom. The molecule has 3 aromatic heterocycles. The molecular weight excluding hydrogens is 362 g/mol. The van der Waals surface area contributed by atoms with Crippen LogP contribution in [0.1, 0.15) is 50.8 Å². The van der Waals surface area contributed by atoms with Crippen LogP contribution < -0.4 is 5.73 Å². The minimum Gasteiger partial charge on any atom is -0.421 e. The summed E-state index contributed by atoms with van der Waals surface area (Å²) in [5, 5.41) is 9.57. The van der Waals surface area contributed by atoms with E-state index < -0.39 is 5.54 Å². The quantitative estimate of drug-likeness (QED) is 0.501. The summed E-state index contributed by atoms with van der Waals surface area (Å²) in [7, 11) is 0. The lowest BCUT2D eigenvalue weighted by molar-refractivity contribution is 0.424. The van der Waals surface area contributed by atoms with Crippen LogP contribution in [0.2, 0.25) is 0 Å². The number of hydrogen-bond donors (Lipinski definition) is 2. The second kappa shape index (κ2) is 7.12. The Kier molecular flexibility index (Phi) is 4.74. The van der Waals surface area contributed by atoms with Gasteiger partial charge in [0.25, 0.3) is 0 Å². The first-order valence-electron chi connectivity index (χ1n) is 9.91. The Morgan fingerprint density at radius 3 is 2.59 bits per heavy atom. The number of fused-ring (bicyclic) bond motifs is 1. The molecule has 0 fully saturated rings. The lowest BCUT2D eigenvalue weighted by Gasteiger charge is -2.14. The molecule has 6 nitrogen and oxygen atoms in total. The number of aryl methyl sites for hydroxylation is 1. The van der Waals surface area contributed by atoms with Crippen molar-refractivity contribution in [1.82, 2.24) is 20.2 Å². The Hall–Kier alpha value is -2.99. The summed E-state index contributed by atoms with van der Waals surface area (Å²) in [6, 6.07) is 10.4. The average Bonchev–Trinajstić information content (AvgIpc) is 3.23. The van der Waals surface area contributed by atoms with Gasteiger partial charge in [-0.05, 0) is 62.6 Å². The SMILES string of the molecule is Cc1cc(-c2[nH]c3ccc(-c4nnc(CC(C)(C)N)o4)cc3c2C(C)C)ccn1. The topological polar surface area (TPSA) is 93.6 Å². The molecule has 0 aliphatic heterocycles. The second-order valence-electron chi connectivity index (χ2n) is 8.68. The van der Waals surface area contributed by atoms with Crippen molar-refractivity contribution >= 4 is 10.9 Å². The Labute approximate surface area is 170 Å². The van der Waals surface area contributed by atoms with E-state index in [1.165, 1.54) is 10.9 Å². The van der Waals surface area contributed by atoms with Crippen LogP contribution in [0.3, 0.4) is 0 Å². The molecule has 0 spiro atoms. The van der Waals surface area contributed by atoms with Crippen molar-refractivity contribution < 1.29 is 4.42 Å². The van der Waals surface area contributed by atoms with E-state index in [0.29, 0.717) is 24.1 Å². The lowest BCUT2D eigenvalue weighted by atomic mass is 9.95. The molecule has 0 unspecified atom stereocenters. The van der Waals surface area contributed by atoms with Crippen LogP contribution in [0, 0.1) is 6.92 Å². The van der Waals surface area contributed by atoms with Crippen molar-refractivity contribution in [2.75, 3.05) is 0 Å². The van der Waals surface area contributed by atoms with Gasteiger partial charge in [0.2, 0.25) is 11.8 Å². The fourth-order valence-corrected chi connectivity index (χ4v) is 3.71. The summed E-state index contributed by atoms with van der Waals surface area (Å²) in [6.07, 6.45) is 2.39. The largest absolute Gasteiger partial charge is 0.421 e. The van der Waals surface area contributed by atoms with Crippen LogP contribution in [0.15, 0.2) is 40.9 Å². The third-order valence-corrected chi connectivity index (χ3v) is 4.92. The van der Waals surface area contributed by atoms with Crippen molar-refractivity contribution in [3.05, 3.63) is 53.7 Å². The molecule has 0 amide bonds. The monoisotopic (exact) mass is 389 g/mol. The Morgan fingerprint density at radius 1 is 1.10 bits per heavy atom. The van der Waals surface area contributed by atoms with E-state index in [1.54, 1.807) is 0 Å². The van der Waals surface area contributed by atoms with Gasteiger partial charge in [-0.1, -0.05) is 13.8 Å². The van der Waals surface area contributed by atoms with Gasteiger partial charge >= 0.3 is 0 Å². The predicted molar refractivity (Wildman–Crippen MR) is 116 cm³/mol. The summed E-state index contributed by atoms with van der Waals surface area (Å²) < 4.78 is 5.88. The molecule has 0 aliphatic rings. The molecule has 150 valence electrons. The normalized spacial score (nSPS) is 12.2. The summed E-state index contributed by atoms with van der Waals surface area (Å²) >= 11 is 0. The van der Waals surface area contributed by atoms with E-state index >= 15 is 0 Å². The van der Waals surface area contributed by atoms with Crippen molar-refractivity contribution in [1.29, 1.82) is 0 Å². The van der Waals surface area contributed by atoms with E-state index in [-0.39, 0.29) is 0 Å². The number of aromatic nitrogens is 4. The highest BCUT2D eigenvalue weighted by Gasteiger charge is 2.20. The minimum atomic E-state index is -0.392. The van der Waals surface area contributed by atoms with Crippen LogP contribution in [-0.2, 0) is 6.42 Å². The first-order valence-corrected chi connectivity index (χ1v) is 9.91. The van der Waals surface area contributed by atoms with Crippen molar-refractivity contribution in [2.24, 2.45) is 5.73 Å². The van der Waals surface area contributed by atoms with Gasteiger partial charge in [0.15, 0.2) is 0 Å². The smallest absolute Gasteiger partial charge is 0.247 e. The molecule has 4 rings (SSSR count). The number of nitrogens with zero attached hydrogens (tertiary/aromatic N) is 3. The standard InChI is InChI=1S/C23H27N5O/c1-13(2)20-17-11-16(22-28-27-19(29-22)12-23(4,5)24)6-7-18(17)26-21(20)15-8-9-25-14(3)10-15/h6-11,13,26H,12,24H2,1-5H3. The zero-order valence-electron chi connectivity index (χ0n) is 17.6. The molecule has 29 heavy (non-hydrogen) atoms. The van der Waals surface area contributed by atoms with Crippen LogP contribution in [-0.4, -0.2) is 25.7 Å². The zero-order chi connectivity index (χ0) is 20.8. The minimum absolute atomic E-state index is 0.346. The van der Waals surface area contributed by atoms with Crippen LogP contribution in [0.5, 0.6) is 0 Å². The molecule has 0 radical (unpaired) electrons. The molecule has 6 heteroatoms. The third kappa shape index (κ3) is 3.93. The average molecular weight is 390 g/mol. The number of pyridine rings is 1. The molecule has 0 saturated heterocycles. The van der Waals surface area contributed by atoms with Crippen LogP contribution in [0.4, 0.5) is 0 Å². The van der Waals surface area contributed by atoms with E-state index in [2.05, 4.69) is 52.2 Å². The molecular formula is C23H27N5O. The summed E-state index contributed by atoms with van der Waals surface area (Å²) in [6.45, 7) is 10.3. The van der Waals surface area contributed by atoms with Crippen molar-refractivity contribution in [2.45, 2.75) is 52.5 Å². The second-order valence-corrected chi connectivity index (χ2v) is 8.68. The molecule has 3 heterocycles. The van der Waals surface area contributed by atoms with E-state index in [0.717, 1.165) is 28.0 Å². The van der Waals surface area contributed by atoms with Gasteiger partial charge in [0.1, 0.15) is 0 Å². The number of aromatic amines is 1. The third-order valence-electron chi connectivity index (χ3n) is 4.92. The molecule has 0 aliphatic carbocycles. The Bertz CT molecular complexity index is 1160. The maximum atomic E-state index is 6.08. The van der Waals surface area contributed by atoms with E-state index in [1.807, 2.05) is 39.1 Å². The highest BCUT2D eigenvalue weighted by Crippen LogP contribution is 2.37. The van der Waals surface area contributed by atoms with Crippen LogP contribution in [0.25, 0.3) is 33.6 Å². The summed E-state index contributed by atoms with van der Waals surface area (Å²) in [5.41, 5.74) is 12.2. The van der Waals surface area contributed by atoms with Gasteiger partial charge in [0, 0.05) is 45.9 Å². The highest BCUT2D eigenvalue weighted by molar-refractivity contribution is 5.93. The van der Waals surface area contributed by atoms with Crippen molar-refractivity contribution in [3.63, 3.8) is 0 Å². The van der Waals surface area contributed by atoms with Gasteiger partial charge < -0.3 is 15.1 Å². The Balaban J connectivity index is 1.81. The number of H-pyrrole nitrogens is 1. The first kappa shape index (κ1) is 19.3. The van der Waals surface area contributed by atoms with Gasteiger partial charge in [-0.2, -0.15) is 0 Å². The first-order chi connectivity index (χ1) is 13.7.